The molecule has 0 saturated heterocycles. The molecular weight excluding hydrogens is 613 g/mol. The van der Waals surface area contributed by atoms with Gasteiger partial charge in [0.2, 0.25) is 0 Å². The fraction of sp³-hybridized carbons (Fsp3) is 0. The molecule has 10 heteroatoms. The number of benzene rings is 5. The number of nitrogens with zero attached hydrogens (tertiary/aromatic N) is 2. The highest BCUT2D eigenvalue weighted by Crippen LogP contribution is 2.21. The summed E-state index contributed by atoms with van der Waals surface area (Å²) >= 11 is 11.8. The molecule has 0 saturated carbocycles. The number of para-hydroxylation sites is 2. The van der Waals surface area contributed by atoms with Crippen LogP contribution in [-0.4, -0.2) is 30.3 Å². The van der Waals surface area contributed by atoms with Crippen molar-refractivity contribution in [3.05, 3.63) is 159 Å². The van der Waals surface area contributed by atoms with E-state index in [1.54, 1.807) is 128 Å². The van der Waals surface area contributed by atoms with Gasteiger partial charge >= 0.3 is 11.9 Å². The van der Waals surface area contributed by atoms with Gasteiger partial charge < -0.3 is 9.47 Å². The summed E-state index contributed by atoms with van der Waals surface area (Å²) in [7, 11) is 0. The zero-order chi connectivity index (χ0) is 31.6. The minimum atomic E-state index is -0.554. The van der Waals surface area contributed by atoms with Gasteiger partial charge in [0.05, 0.1) is 23.0 Å². The largest absolute Gasteiger partial charge is 0.422 e. The number of carbonyl (C=O) groups is 3. The third-order valence-electron chi connectivity index (χ3n) is 6.26. The number of esters is 2. The van der Waals surface area contributed by atoms with Crippen LogP contribution in [0.3, 0.4) is 0 Å². The Balaban J connectivity index is 1.19. The molecule has 0 radical (unpaired) electrons. The van der Waals surface area contributed by atoms with Crippen molar-refractivity contribution < 1.29 is 23.9 Å². The molecule has 0 spiro atoms. The maximum absolute atomic E-state index is 12.7. The smallest absolute Gasteiger partial charge is 0.343 e. The molecule has 0 atom stereocenters. The summed E-state index contributed by atoms with van der Waals surface area (Å²) in [4.78, 5) is 42.2. The first-order valence-electron chi connectivity index (χ1n) is 13.5. The predicted octanol–water partition coefficient (Wildman–Crippen LogP) is 7.95. The second kappa shape index (κ2) is 14.7. The summed E-state index contributed by atoms with van der Waals surface area (Å²) in [5.41, 5.74) is 5.18. The molecule has 5 rings (SSSR count). The van der Waals surface area contributed by atoms with Crippen molar-refractivity contribution in [2.75, 3.05) is 0 Å². The second-order valence-electron chi connectivity index (χ2n) is 9.37. The van der Waals surface area contributed by atoms with Gasteiger partial charge in [-0.15, -0.1) is 0 Å². The highest BCUT2D eigenvalue weighted by molar-refractivity contribution is 6.31. The fourth-order valence-corrected chi connectivity index (χ4v) is 4.17. The second-order valence-corrected chi connectivity index (χ2v) is 10.2. The van der Waals surface area contributed by atoms with Crippen LogP contribution in [0, 0.1) is 0 Å². The number of carbonyl (C=O) groups excluding carboxylic acids is 3. The number of amides is 1. The summed E-state index contributed by atoms with van der Waals surface area (Å²) in [6.07, 6.45) is 2.96. The number of hydrogen-bond acceptors (Lipinski definition) is 7. The Morgan fingerprint density at radius 3 is 1.51 bits per heavy atom. The highest BCUT2D eigenvalue weighted by atomic mass is 35.5. The number of halogens is 2. The first kappa shape index (κ1) is 30.9. The lowest BCUT2D eigenvalue weighted by atomic mass is 10.2. The predicted molar refractivity (Wildman–Crippen MR) is 174 cm³/mol. The SMILES string of the molecule is O=C(N/N=C/c1ccccc1OC(=O)c1ccc(Cl)cc1)c1ccc(N=Cc2ccccc2OC(=O)c2ccc(Cl)cc2)cc1. The van der Waals surface area contributed by atoms with Crippen molar-refractivity contribution in [1.82, 2.24) is 5.43 Å². The number of aliphatic imine (C=N–C) groups is 1. The van der Waals surface area contributed by atoms with Crippen LogP contribution in [0.2, 0.25) is 10.0 Å². The lowest BCUT2D eigenvalue weighted by Gasteiger charge is -2.07. The molecule has 5 aromatic carbocycles. The van der Waals surface area contributed by atoms with Crippen molar-refractivity contribution >= 4 is 59.2 Å². The van der Waals surface area contributed by atoms with E-state index in [-0.39, 0.29) is 5.75 Å². The van der Waals surface area contributed by atoms with Crippen molar-refractivity contribution in [1.29, 1.82) is 0 Å². The molecule has 0 fully saturated rings. The maximum atomic E-state index is 12.7. The molecule has 0 aliphatic heterocycles. The van der Waals surface area contributed by atoms with Gasteiger partial charge in [0.15, 0.2) is 0 Å². The number of nitrogens with one attached hydrogen (secondary N) is 1. The number of hydrogen-bond donors (Lipinski definition) is 1. The topological polar surface area (TPSA) is 106 Å². The molecule has 45 heavy (non-hydrogen) atoms. The van der Waals surface area contributed by atoms with Crippen molar-refractivity contribution in [2.24, 2.45) is 10.1 Å². The minimum absolute atomic E-state index is 0.277. The van der Waals surface area contributed by atoms with Crippen LogP contribution in [0.1, 0.15) is 42.2 Å². The molecule has 0 unspecified atom stereocenters. The molecule has 5 aromatic rings. The Kier molecular flexibility index (Phi) is 10.1. The van der Waals surface area contributed by atoms with E-state index in [1.165, 1.54) is 6.21 Å². The first-order chi connectivity index (χ1) is 21.9. The molecule has 0 aliphatic rings. The van der Waals surface area contributed by atoms with Crippen LogP contribution in [0.4, 0.5) is 5.69 Å². The Labute approximate surface area is 268 Å². The molecule has 0 heterocycles. The standard InChI is InChI=1S/C35H23Cl2N3O5/c36-28-15-9-24(10-16-28)34(42)44-31-7-3-1-5-26(31)21-38-30-19-13-23(14-20-30)33(41)40-39-22-27-6-2-4-8-32(27)45-35(43)25-11-17-29(37)18-12-25/h1-22H,(H,40,41)/b38-21?,39-22+. The van der Waals surface area contributed by atoms with Crippen LogP contribution < -0.4 is 14.9 Å². The Morgan fingerprint density at radius 1 is 0.556 bits per heavy atom. The van der Waals surface area contributed by atoms with E-state index >= 15 is 0 Å². The Morgan fingerprint density at radius 2 is 1.00 bits per heavy atom. The van der Waals surface area contributed by atoms with Crippen LogP contribution >= 0.6 is 23.2 Å². The zero-order valence-corrected chi connectivity index (χ0v) is 24.9. The highest BCUT2D eigenvalue weighted by Gasteiger charge is 2.12. The van der Waals surface area contributed by atoms with Crippen LogP contribution in [-0.2, 0) is 0 Å². The van der Waals surface area contributed by atoms with Gasteiger partial charge in [0.25, 0.3) is 5.91 Å². The zero-order valence-electron chi connectivity index (χ0n) is 23.4. The molecule has 0 bridgehead atoms. The van der Waals surface area contributed by atoms with Gasteiger partial charge in [-0.1, -0.05) is 47.5 Å². The minimum Gasteiger partial charge on any atom is -0.422 e. The van der Waals surface area contributed by atoms with Crippen LogP contribution in [0.5, 0.6) is 11.5 Å². The monoisotopic (exact) mass is 635 g/mol. The van der Waals surface area contributed by atoms with Gasteiger partial charge in [-0.2, -0.15) is 5.10 Å². The van der Waals surface area contributed by atoms with Gasteiger partial charge in [-0.05, 0) is 97.1 Å². The number of hydrazone groups is 1. The van der Waals surface area contributed by atoms with E-state index < -0.39 is 17.8 Å². The third-order valence-corrected chi connectivity index (χ3v) is 6.76. The maximum Gasteiger partial charge on any atom is 0.343 e. The van der Waals surface area contributed by atoms with E-state index in [4.69, 9.17) is 32.7 Å². The first-order valence-corrected chi connectivity index (χ1v) is 14.2. The van der Waals surface area contributed by atoms with E-state index in [2.05, 4.69) is 15.5 Å². The Bertz CT molecular complexity index is 1890. The molecule has 1 N–H and O–H groups in total. The van der Waals surface area contributed by atoms with Crippen LogP contribution in [0.25, 0.3) is 0 Å². The average molecular weight is 636 g/mol. The summed E-state index contributed by atoms with van der Waals surface area (Å²) < 4.78 is 11.1. The molecule has 1 amide bonds. The molecule has 222 valence electrons. The van der Waals surface area contributed by atoms with Crippen molar-refractivity contribution in [3.63, 3.8) is 0 Å². The molecular formula is C35H23Cl2N3O5. The fourth-order valence-electron chi connectivity index (χ4n) is 3.92. The van der Waals surface area contributed by atoms with Gasteiger partial charge in [-0.3, -0.25) is 9.79 Å². The van der Waals surface area contributed by atoms with Crippen molar-refractivity contribution in [3.8, 4) is 11.5 Å². The molecule has 8 nitrogen and oxygen atoms in total. The lowest BCUT2D eigenvalue weighted by molar-refractivity contribution is 0.0725. The summed E-state index contributed by atoms with van der Waals surface area (Å²) in [6.45, 7) is 0. The van der Waals surface area contributed by atoms with Crippen LogP contribution in [0.15, 0.2) is 131 Å². The van der Waals surface area contributed by atoms with E-state index in [0.29, 0.717) is 49.3 Å². The molecule has 0 aromatic heterocycles. The normalized spacial score (nSPS) is 11.0. The quantitative estimate of drug-likeness (QED) is 0.0765. The summed E-state index contributed by atoms with van der Waals surface area (Å²) in [5.74, 6) is -0.901. The van der Waals surface area contributed by atoms with Gasteiger partial charge in [0.1, 0.15) is 11.5 Å². The summed E-state index contributed by atoms with van der Waals surface area (Å²) in [5, 5.41) is 5.05. The van der Waals surface area contributed by atoms with Gasteiger partial charge in [0, 0.05) is 33.0 Å². The lowest BCUT2D eigenvalue weighted by Crippen LogP contribution is -2.17. The van der Waals surface area contributed by atoms with Crippen molar-refractivity contribution in [2.45, 2.75) is 0 Å². The summed E-state index contributed by atoms with van der Waals surface area (Å²) in [6, 6.07) is 33.1. The van der Waals surface area contributed by atoms with E-state index in [0.717, 1.165) is 0 Å². The third kappa shape index (κ3) is 8.51. The number of rotatable bonds is 9. The van der Waals surface area contributed by atoms with Gasteiger partial charge in [-0.25, -0.2) is 15.0 Å². The average Bonchev–Trinajstić information content (AvgIpc) is 3.06. The van der Waals surface area contributed by atoms with E-state index in [9.17, 15) is 14.4 Å². The Hall–Kier alpha value is -5.57. The molecule has 0 aliphatic carbocycles. The number of ether oxygens (including phenoxy) is 2. The van der Waals surface area contributed by atoms with E-state index in [1.807, 2.05) is 0 Å².